The van der Waals surface area contributed by atoms with Crippen molar-refractivity contribution in [3.8, 4) is 0 Å². The van der Waals surface area contributed by atoms with Gasteiger partial charge in [0.25, 0.3) is 0 Å². The third kappa shape index (κ3) is 2.29. The summed E-state index contributed by atoms with van der Waals surface area (Å²) in [6.45, 7) is 6.06. The fraction of sp³-hybridized carbons (Fsp3) is 0.611. The number of rotatable bonds is 3. The maximum atomic E-state index is 12.7. The van der Waals surface area contributed by atoms with Crippen LogP contribution >= 0.6 is 0 Å². The Kier molecular flexibility index (Phi) is 3.19. The highest BCUT2D eigenvalue weighted by Gasteiger charge is 2.64. The number of piperidine rings is 1. The van der Waals surface area contributed by atoms with Crippen molar-refractivity contribution in [3.05, 3.63) is 29.8 Å². The number of amides is 1. The fourth-order valence-electron chi connectivity index (χ4n) is 4.61. The molecule has 1 amide bonds. The third-order valence-electron chi connectivity index (χ3n) is 6.29. The zero-order chi connectivity index (χ0) is 17.4. The topological polar surface area (TPSA) is 66.9 Å². The molecule has 5 rings (SSSR count). The molecule has 0 aromatic heterocycles. The van der Waals surface area contributed by atoms with Gasteiger partial charge in [-0.25, -0.2) is 8.42 Å². The molecule has 1 unspecified atom stereocenters. The summed E-state index contributed by atoms with van der Waals surface area (Å²) in [7, 11) is -3.44. The van der Waals surface area contributed by atoms with E-state index >= 15 is 0 Å². The van der Waals surface area contributed by atoms with Gasteiger partial charge in [-0.1, -0.05) is 17.7 Å². The predicted octanol–water partition coefficient (Wildman–Crippen LogP) is 0.720. The van der Waals surface area contributed by atoms with Crippen molar-refractivity contribution in [1.82, 2.24) is 9.21 Å². The molecule has 134 valence electrons. The lowest BCUT2D eigenvalue weighted by Crippen LogP contribution is -2.67. The van der Waals surface area contributed by atoms with Crippen molar-refractivity contribution < 1.29 is 17.9 Å². The largest absolute Gasteiger partial charge is 0.380 e. The Balaban J connectivity index is 1.22. The van der Waals surface area contributed by atoms with Crippen LogP contribution in [0.2, 0.25) is 0 Å². The summed E-state index contributed by atoms with van der Waals surface area (Å²) in [6.07, 6.45) is 0. The average Bonchev–Trinajstić information content (AvgIpc) is 2.98. The Bertz CT molecular complexity index is 811. The van der Waals surface area contributed by atoms with E-state index in [2.05, 4.69) is 0 Å². The summed E-state index contributed by atoms with van der Waals surface area (Å²) in [5.74, 6) is 0.645. The monoisotopic (exact) mass is 362 g/mol. The van der Waals surface area contributed by atoms with Gasteiger partial charge in [0.15, 0.2) is 0 Å². The van der Waals surface area contributed by atoms with E-state index in [4.69, 9.17) is 4.74 Å². The number of fused-ring (bicyclic) bond motifs is 1. The van der Waals surface area contributed by atoms with Crippen LogP contribution in [0.4, 0.5) is 0 Å². The maximum absolute atomic E-state index is 12.7. The van der Waals surface area contributed by atoms with Gasteiger partial charge < -0.3 is 9.64 Å². The first kappa shape index (κ1) is 15.8. The van der Waals surface area contributed by atoms with E-state index in [9.17, 15) is 13.2 Å². The Morgan fingerprint density at radius 3 is 2.24 bits per heavy atom. The molecule has 4 aliphatic rings. The van der Waals surface area contributed by atoms with Crippen LogP contribution in [0.15, 0.2) is 29.2 Å². The number of carbonyl (C=O) groups is 1. The molecule has 6 nitrogen and oxygen atoms in total. The molecule has 0 N–H and O–H groups in total. The van der Waals surface area contributed by atoms with E-state index in [1.54, 1.807) is 16.4 Å². The molecule has 0 bridgehead atoms. The van der Waals surface area contributed by atoms with Gasteiger partial charge in [-0.05, 0) is 30.9 Å². The van der Waals surface area contributed by atoms with Crippen LogP contribution in [0.25, 0.3) is 0 Å². The molecule has 1 aromatic rings. The highest BCUT2D eigenvalue weighted by Crippen LogP contribution is 2.54. The smallest absolute Gasteiger partial charge is 0.243 e. The van der Waals surface area contributed by atoms with Crippen molar-refractivity contribution >= 4 is 15.9 Å². The van der Waals surface area contributed by atoms with E-state index in [-0.39, 0.29) is 29.1 Å². The zero-order valence-electron chi connectivity index (χ0n) is 14.2. The van der Waals surface area contributed by atoms with E-state index in [0.717, 1.165) is 31.9 Å². The minimum atomic E-state index is -3.44. The molecule has 1 saturated carbocycles. The number of hydrogen-bond acceptors (Lipinski definition) is 4. The molecule has 0 radical (unpaired) electrons. The molecule has 3 saturated heterocycles. The van der Waals surface area contributed by atoms with Gasteiger partial charge in [0.05, 0.1) is 23.5 Å². The summed E-state index contributed by atoms with van der Waals surface area (Å²) in [6, 6.07) is 6.97. The molecule has 1 aromatic carbocycles. The minimum absolute atomic E-state index is 0.0304. The number of aryl methyl sites for hydroxylation is 1. The van der Waals surface area contributed by atoms with Gasteiger partial charge in [-0.15, -0.1) is 0 Å². The summed E-state index contributed by atoms with van der Waals surface area (Å²) in [4.78, 5) is 14.9. The molecule has 1 aliphatic carbocycles. The van der Waals surface area contributed by atoms with Crippen molar-refractivity contribution in [3.63, 3.8) is 0 Å². The van der Waals surface area contributed by atoms with Gasteiger partial charge in [-0.2, -0.15) is 4.31 Å². The van der Waals surface area contributed by atoms with Gasteiger partial charge >= 0.3 is 0 Å². The van der Waals surface area contributed by atoms with Crippen molar-refractivity contribution in [2.24, 2.45) is 23.2 Å². The first-order valence-electron chi connectivity index (χ1n) is 8.83. The first-order chi connectivity index (χ1) is 11.9. The van der Waals surface area contributed by atoms with Crippen molar-refractivity contribution in [1.29, 1.82) is 0 Å². The molecule has 7 heteroatoms. The van der Waals surface area contributed by atoms with Gasteiger partial charge in [-0.3, -0.25) is 4.79 Å². The molecule has 4 fully saturated rings. The second-order valence-corrected chi connectivity index (χ2v) is 10.1. The Hall–Kier alpha value is -1.44. The summed E-state index contributed by atoms with van der Waals surface area (Å²) >= 11 is 0. The van der Waals surface area contributed by atoms with E-state index in [0.29, 0.717) is 18.0 Å². The first-order valence-corrected chi connectivity index (χ1v) is 10.3. The molecule has 3 aliphatic heterocycles. The van der Waals surface area contributed by atoms with E-state index in [1.165, 1.54) is 0 Å². The summed E-state index contributed by atoms with van der Waals surface area (Å²) < 4.78 is 32.3. The van der Waals surface area contributed by atoms with E-state index < -0.39 is 10.0 Å². The second-order valence-electron chi connectivity index (χ2n) is 8.18. The number of carbonyl (C=O) groups excluding carboxylic acids is 1. The average molecular weight is 362 g/mol. The SMILES string of the molecule is Cc1ccc(S(=O)(=O)N2C[C@@H]3C(C(=O)N4CC5(COC5)C4)[C@@H]3C2)cc1. The van der Waals surface area contributed by atoms with Crippen LogP contribution in [0.1, 0.15) is 5.56 Å². The van der Waals surface area contributed by atoms with Crippen LogP contribution < -0.4 is 0 Å². The lowest BCUT2D eigenvalue weighted by Gasteiger charge is -2.55. The number of ether oxygens (including phenoxy) is 1. The minimum Gasteiger partial charge on any atom is -0.380 e. The highest BCUT2D eigenvalue weighted by molar-refractivity contribution is 7.89. The van der Waals surface area contributed by atoms with Gasteiger partial charge in [0.2, 0.25) is 15.9 Å². The highest BCUT2D eigenvalue weighted by atomic mass is 32.2. The normalized spacial score (nSPS) is 32.8. The van der Waals surface area contributed by atoms with Crippen molar-refractivity contribution in [2.45, 2.75) is 11.8 Å². The number of likely N-dealkylation sites (tertiary alicyclic amines) is 1. The van der Waals surface area contributed by atoms with Crippen LogP contribution in [0, 0.1) is 30.1 Å². The molecule has 3 atom stereocenters. The summed E-state index contributed by atoms with van der Waals surface area (Å²) in [5.41, 5.74) is 1.28. The molecular weight excluding hydrogens is 340 g/mol. The van der Waals surface area contributed by atoms with Crippen molar-refractivity contribution in [2.75, 3.05) is 39.4 Å². The zero-order valence-corrected chi connectivity index (χ0v) is 15.0. The fourth-order valence-corrected chi connectivity index (χ4v) is 6.13. The standard InChI is InChI=1S/C18H22N2O4S/c1-12-2-4-13(5-3-12)25(22,23)20-6-14-15(7-20)16(14)17(21)19-8-18(9-19)10-24-11-18/h2-5,14-16H,6-11H2,1H3/t14-,15+,16?. The number of benzene rings is 1. The quantitative estimate of drug-likeness (QED) is 0.795. The number of hydrogen-bond donors (Lipinski definition) is 0. The summed E-state index contributed by atoms with van der Waals surface area (Å²) in [5, 5.41) is 0. The van der Waals surface area contributed by atoms with Crippen LogP contribution in [0.3, 0.4) is 0 Å². The maximum Gasteiger partial charge on any atom is 0.243 e. The Labute approximate surface area is 147 Å². The number of sulfonamides is 1. The molecule has 1 spiro atoms. The lowest BCUT2D eigenvalue weighted by molar-refractivity contribution is -0.196. The Morgan fingerprint density at radius 1 is 1.12 bits per heavy atom. The van der Waals surface area contributed by atoms with Crippen LogP contribution in [-0.2, 0) is 19.6 Å². The predicted molar refractivity (Wildman–Crippen MR) is 90.2 cm³/mol. The molecule has 3 heterocycles. The van der Waals surface area contributed by atoms with Gasteiger partial charge in [0, 0.05) is 32.1 Å². The van der Waals surface area contributed by atoms with Crippen LogP contribution in [0.5, 0.6) is 0 Å². The van der Waals surface area contributed by atoms with Crippen LogP contribution in [-0.4, -0.2) is 62.9 Å². The Morgan fingerprint density at radius 2 is 1.72 bits per heavy atom. The van der Waals surface area contributed by atoms with Gasteiger partial charge in [0.1, 0.15) is 0 Å². The van der Waals surface area contributed by atoms with E-state index in [1.807, 2.05) is 24.0 Å². The second kappa shape index (κ2) is 5.05. The lowest BCUT2D eigenvalue weighted by atomic mass is 9.78. The molecular formula is C18H22N2O4S. The number of nitrogens with zero attached hydrogens (tertiary/aromatic N) is 2. The molecule has 25 heavy (non-hydrogen) atoms. The third-order valence-corrected chi connectivity index (χ3v) is 8.13.